The van der Waals surface area contributed by atoms with Crippen LogP contribution in [-0.2, 0) is 0 Å². The van der Waals surface area contributed by atoms with E-state index >= 15 is 0 Å². The average molecular weight is 345 g/mol. The second-order valence-corrected chi connectivity index (χ2v) is 5.53. The third-order valence-corrected chi connectivity index (χ3v) is 3.84. The van der Waals surface area contributed by atoms with Gasteiger partial charge in [0.1, 0.15) is 11.5 Å². The number of amides is 1. The van der Waals surface area contributed by atoms with Gasteiger partial charge in [-0.3, -0.25) is 4.79 Å². The van der Waals surface area contributed by atoms with Crippen LogP contribution in [0.4, 0.5) is 11.5 Å². The molecule has 0 unspecified atom stereocenters. The lowest BCUT2D eigenvalue weighted by atomic mass is 10.2. The first kappa shape index (κ1) is 15.9. The van der Waals surface area contributed by atoms with Gasteiger partial charge in [-0.2, -0.15) is 0 Å². The normalized spacial score (nSPS) is 10.3. The zero-order valence-electron chi connectivity index (χ0n) is 11.3. The van der Waals surface area contributed by atoms with E-state index in [0.29, 0.717) is 21.6 Å². The van der Waals surface area contributed by atoms with E-state index in [9.17, 15) is 4.79 Å². The first-order chi connectivity index (χ1) is 9.92. The standard InChI is InChI=1S/C14H12Cl3N3O/c1-7-5-10(17)11(6-9(7)16)19-14(21)13-8(15)3-4-12(18-2)20-13/h3-6H,1-2H3,(H,18,20)(H,19,21). The third kappa shape index (κ3) is 3.59. The SMILES string of the molecule is CNc1ccc(Cl)c(C(=O)Nc2cc(Cl)c(C)cc2Cl)n1. The number of carbonyl (C=O) groups excluding carboxylic acids is 1. The predicted molar refractivity (Wildman–Crippen MR) is 87.9 cm³/mol. The van der Waals surface area contributed by atoms with Gasteiger partial charge < -0.3 is 10.6 Å². The van der Waals surface area contributed by atoms with E-state index in [-0.39, 0.29) is 10.7 Å². The molecule has 0 saturated carbocycles. The van der Waals surface area contributed by atoms with Gasteiger partial charge in [-0.15, -0.1) is 0 Å². The molecule has 0 saturated heterocycles. The number of rotatable bonds is 3. The molecule has 0 aliphatic carbocycles. The topological polar surface area (TPSA) is 54.0 Å². The monoisotopic (exact) mass is 343 g/mol. The molecule has 0 bridgehead atoms. The molecular formula is C14H12Cl3N3O. The number of hydrogen-bond acceptors (Lipinski definition) is 3. The highest BCUT2D eigenvalue weighted by Crippen LogP contribution is 2.29. The summed E-state index contributed by atoms with van der Waals surface area (Å²) in [6.45, 7) is 1.83. The van der Waals surface area contributed by atoms with Crippen LogP contribution in [0.15, 0.2) is 24.3 Å². The first-order valence-corrected chi connectivity index (χ1v) is 7.17. The second kappa shape index (κ2) is 6.52. The molecule has 0 aliphatic heterocycles. The van der Waals surface area contributed by atoms with Gasteiger partial charge in [-0.05, 0) is 36.8 Å². The van der Waals surface area contributed by atoms with Crippen molar-refractivity contribution in [2.45, 2.75) is 6.92 Å². The quantitative estimate of drug-likeness (QED) is 0.852. The predicted octanol–water partition coefficient (Wildman–Crippen LogP) is 4.64. The molecule has 21 heavy (non-hydrogen) atoms. The number of halogens is 3. The van der Waals surface area contributed by atoms with Crippen molar-refractivity contribution < 1.29 is 4.79 Å². The number of aryl methyl sites for hydroxylation is 1. The summed E-state index contributed by atoms with van der Waals surface area (Å²) in [6, 6.07) is 6.54. The molecule has 7 heteroatoms. The number of aromatic nitrogens is 1. The average Bonchev–Trinajstić information content (AvgIpc) is 2.45. The Labute approximate surface area is 137 Å². The van der Waals surface area contributed by atoms with Crippen molar-refractivity contribution in [3.8, 4) is 0 Å². The summed E-state index contributed by atoms with van der Waals surface area (Å²) in [7, 11) is 1.70. The van der Waals surface area contributed by atoms with E-state index in [4.69, 9.17) is 34.8 Å². The molecule has 4 nitrogen and oxygen atoms in total. The molecule has 110 valence electrons. The molecule has 2 N–H and O–H groups in total. The zero-order chi connectivity index (χ0) is 15.6. The van der Waals surface area contributed by atoms with Crippen molar-refractivity contribution in [1.29, 1.82) is 0 Å². The summed E-state index contributed by atoms with van der Waals surface area (Å²) in [5.74, 6) is 0.0801. The summed E-state index contributed by atoms with van der Waals surface area (Å²) in [6.07, 6.45) is 0. The highest BCUT2D eigenvalue weighted by Gasteiger charge is 2.15. The van der Waals surface area contributed by atoms with E-state index in [2.05, 4.69) is 15.6 Å². The molecule has 1 amide bonds. The van der Waals surface area contributed by atoms with Crippen molar-refractivity contribution in [3.05, 3.63) is 50.6 Å². The fourth-order valence-electron chi connectivity index (χ4n) is 1.66. The van der Waals surface area contributed by atoms with Crippen LogP contribution < -0.4 is 10.6 Å². The Morgan fingerprint density at radius 1 is 1.10 bits per heavy atom. The van der Waals surface area contributed by atoms with Gasteiger partial charge in [-0.1, -0.05) is 34.8 Å². The van der Waals surface area contributed by atoms with Crippen LogP contribution in [0.25, 0.3) is 0 Å². The number of carbonyl (C=O) groups is 1. The first-order valence-electron chi connectivity index (χ1n) is 6.03. The smallest absolute Gasteiger partial charge is 0.275 e. The fourth-order valence-corrected chi connectivity index (χ4v) is 2.28. The van der Waals surface area contributed by atoms with E-state index in [1.807, 2.05) is 6.92 Å². The molecule has 0 fully saturated rings. The van der Waals surface area contributed by atoms with Gasteiger partial charge in [0.25, 0.3) is 5.91 Å². The molecule has 0 atom stereocenters. The summed E-state index contributed by atoms with van der Waals surface area (Å²) in [4.78, 5) is 16.4. The van der Waals surface area contributed by atoms with Crippen molar-refractivity contribution in [2.24, 2.45) is 0 Å². The van der Waals surface area contributed by atoms with E-state index < -0.39 is 5.91 Å². The highest BCUT2D eigenvalue weighted by molar-refractivity contribution is 6.37. The molecule has 1 aromatic carbocycles. The van der Waals surface area contributed by atoms with Crippen LogP contribution in [0, 0.1) is 6.92 Å². The fraction of sp³-hybridized carbons (Fsp3) is 0.143. The maximum atomic E-state index is 12.3. The maximum absolute atomic E-state index is 12.3. The number of benzene rings is 1. The highest BCUT2D eigenvalue weighted by atomic mass is 35.5. The Morgan fingerprint density at radius 3 is 2.48 bits per heavy atom. The molecule has 1 heterocycles. The third-order valence-electron chi connectivity index (χ3n) is 2.81. The molecule has 2 rings (SSSR count). The maximum Gasteiger partial charge on any atom is 0.275 e. The zero-order valence-corrected chi connectivity index (χ0v) is 13.6. The van der Waals surface area contributed by atoms with Gasteiger partial charge in [0, 0.05) is 12.1 Å². The molecule has 1 aromatic heterocycles. The summed E-state index contributed by atoms with van der Waals surface area (Å²) < 4.78 is 0. The molecule has 0 spiro atoms. The van der Waals surface area contributed by atoms with E-state index in [1.54, 1.807) is 31.3 Å². The lowest BCUT2D eigenvalue weighted by molar-refractivity contribution is 0.102. The summed E-state index contributed by atoms with van der Waals surface area (Å²) in [5, 5.41) is 6.66. The van der Waals surface area contributed by atoms with Crippen molar-refractivity contribution in [3.63, 3.8) is 0 Å². The number of hydrogen-bond donors (Lipinski definition) is 2. The largest absolute Gasteiger partial charge is 0.373 e. The minimum atomic E-state index is -0.459. The van der Waals surface area contributed by atoms with Gasteiger partial charge in [0.2, 0.25) is 0 Å². The Kier molecular flexibility index (Phi) is 4.93. The number of nitrogens with one attached hydrogen (secondary N) is 2. The van der Waals surface area contributed by atoms with Gasteiger partial charge in [0.15, 0.2) is 0 Å². The minimum Gasteiger partial charge on any atom is -0.373 e. The van der Waals surface area contributed by atoms with Crippen LogP contribution in [-0.4, -0.2) is 17.9 Å². The van der Waals surface area contributed by atoms with Gasteiger partial charge in [-0.25, -0.2) is 4.98 Å². The number of nitrogens with zero attached hydrogens (tertiary/aromatic N) is 1. The summed E-state index contributed by atoms with van der Waals surface area (Å²) in [5.41, 5.74) is 1.34. The van der Waals surface area contributed by atoms with Crippen LogP contribution in [0.2, 0.25) is 15.1 Å². The molecule has 0 radical (unpaired) electrons. The lowest BCUT2D eigenvalue weighted by Crippen LogP contribution is -2.15. The van der Waals surface area contributed by atoms with Crippen LogP contribution >= 0.6 is 34.8 Å². The molecule has 0 aliphatic rings. The van der Waals surface area contributed by atoms with Gasteiger partial charge >= 0.3 is 0 Å². The Hall–Kier alpha value is -1.49. The molecular weight excluding hydrogens is 333 g/mol. The van der Waals surface area contributed by atoms with Crippen LogP contribution in [0.5, 0.6) is 0 Å². The van der Waals surface area contributed by atoms with Crippen molar-refractivity contribution in [2.75, 3.05) is 17.7 Å². The van der Waals surface area contributed by atoms with Crippen LogP contribution in [0.3, 0.4) is 0 Å². The summed E-state index contributed by atoms with van der Waals surface area (Å²) >= 11 is 18.1. The van der Waals surface area contributed by atoms with Crippen molar-refractivity contribution >= 4 is 52.2 Å². The Balaban J connectivity index is 2.32. The Morgan fingerprint density at radius 2 is 1.81 bits per heavy atom. The number of anilines is 2. The van der Waals surface area contributed by atoms with Gasteiger partial charge in [0.05, 0.1) is 15.7 Å². The van der Waals surface area contributed by atoms with E-state index in [0.717, 1.165) is 5.56 Å². The second-order valence-electron chi connectivity index (χ2n) is 4.31. The van der Waals surface area contributed by atoms with E-state index in [1.165, 1.54) is 0 Å². The number of pyridine rings is 1. The van der Waals surface area contributed by atoms with Crippen LogP contribution in [0.1, 0.15) is 16.1 Å². The van der Waals surface area contributed by atoms with Crippen molar-refractivity contribution in [1.82, 2.24) is 4.98 Å². The lowest BCUT2D eigenvalue weighted by Gasteiger charge is -2.10. The Bertz CT molecular complexity index is 704. The minimum absolute atomic E-state index is 0.108. The molecule has 2 aromatic rings.